The van der Waals surface area contributed by atoms with Crippen molar-refractivity contribution in [2.45, 2.75) is 65.2 Å². The molecule has 0 saturated heterocycles. The highest BCUT2D eigenvalue weighted by atomic mass is 15.0. The van der Waals surface area contributed by atoms with Crippen LogP contribution in [0.1, 0.15) is 65.2 Å². The minimum Gasteiger partial charge on any atom is -0.373 e. The zero-order valence-electron chi connectivity index (χ0n) is 11.6. The molecule has 0 aromatic heterocycles. The maximum atomic E-state index is 4.61. The van der Waals surface area contributed by atoms with Crippen LogP contribution in [0.2, 0.25) is 0 Å². The molecule has 2 heteroatoms. The summed E-state index contributed by atoms with van der Waals surface area (Å²) in [4.78, 5) is 4.61. The van der Waals surface area contributed by atoms with Gasteiger partial charge in [0.05, 0.1) is 5.84 Å². The third-order valence-electron chi connectivity index (χ3n) is 4.30. The molecule has 0 amide bonds. The Hall–Kier alpha value is -0.530. The van der Waals surface area contributed by atoms with Crippen molar-refractivity contribution in [1.29, 1.82) is 0 Å². The number of rotatable bonds is 4. The fourth-order valence-corrected chi connectivity index (χ4v) is 3.58. The van der Waals surface area contributed by atoms with E-state index in [4.69, 9.17) is 0 Å². The van der Waals surface area contributed by atoms with E-state index in [2.05, 4.69) is 24.2 Å². The molecule has 1 N–H and O–H groups in total. The molecule has 0 radical (unpaired) electrons. The fourth-order valence-electron chi connectivity index (χ4n) is 3.58. The molecule has 0 bridgehead atoms. The summed E-state index contributed by atoms with van der Waals surface area (Å²) in [6, 6.07) is 0. The summed E-state index contributed by atoms with van der Waals surface area (Å²) in [6.07, 6.45) is 10.9. The molecule has 0 aromatic rings. The van der Waals surface area contributed by atoms with Crippen molar-refractivity contribution in [3.05, 3.63) is 0 Å². The summed E-state index contributed by atoms with van der Waals surface area (Å²) >= 11 is 0. The Morgan fingerprint density at radius 3 is 2.53 bits per heavy atom. The lowest BCUT2D eigenvalue weighted by molar-refractivity contribution is 0.235. The van der Waals surface area contributed by atoms with E-state index in [0.717, 1.165) is 12.5 Å². The van der Waals surface area contributed by atoms with Gasteiger partial charge in [0, 0.05) is 19.5 Å². The van der Waals surface area contributed by atoms with Gasteiger partial charge in [0.1, 0.15) is 0 Å². The molecular formula is C15H28N2. The highest BCUT2D eigenvalue weighted by molar-refractivity contribution is 5.82. The van der Waals surface area contributed by atoms with Gasteiger partial charge < -0.3 is 5.32 Å². The van der Waals surface area contributed by atoms with Crippen LogP contribution < -0.4 is 5.32 Å². The molecule has 1 aliphatic carbocycles. The van der Waals surface area contributed by atoms with Crippen molar-refractivity contribution in [2.24, 2.45) is 16.3 Å². The molecule has 1 saturated carbocycles. The van der Waals surface area contributed by atoms with Crippen LogP contribution in [-0.4, -0.2) is 18.9 Å². The summed E-state index contributed by atoms with van der Waals surface area (Å²) in [5, 5.41) is 3.66. The molecule has 1 heterocycles. The predicted molar refractivity (Wildman–Crippen MR) is 74.5 cm³/mol. The molecule has 0 spiro atoms. The standard InChI is InChI=1S/C15H28N2/c1-13(2)11-15(8-4-5-9-15)12-17-14-7-3-6-10-16-14/h13H,3-12H2,1-2H3,(H,16,17). The van der Waals surface area contributed by atoms with Crippen molar-refractivity contribution in [2.75, 3.05) is 13.1 Å². The van der Waals surface area contributed by atoms with E-state index in [1.165, 1.54) is 63.7 Å². The number of hydrogen-bond acceptors (Lipinski definition) is 2. The normalized spacial score (nSPS) is 23.8. The lowest BCUT2D eigenvalue weighted by Gasteiger charge is -2.32. The molecular weight excluding hydrogens is 208 g/mol. The van der Waals surface area contributed by atoms with E-state index in [0.29, 0.717) is 5.41 Å². The quantitative estimate of drug-likeness (QED) is 0.789. The lowest BCUT2D eigenvalue weighted by atomic mass is 9.78. The monoisotopic (exact) mass is 236 g/mol. The first-order valence-electron chi connectivity index (χ1n) is 7.47. The lowest BCUT2D eigenvalue weighted by Crippen LogP contribution is -2.37. The minimum atomic E-state index is 0.578. The van der Waals surface area contributed by atoms with Gasteiger partial charge in [0.15, 0.2) is 0 Å². The van der Waals surface area contributed by atoms with Gasteiger partial charge in [-0.05, 0) is 43.4 Å². The second-order valence-electron chi connectivity index (χ2n) is 6.44. The Labute approximate surface area is 106 Å². The van der Waals surface area contributed by atoms with Gasteiger partial charge in [-0.15, -0.1) is 0 Å². The summed E-state index contributed by atoms with van der Waals surface area (Å²) < 4.78 is 0. The van der Waals surface area contributed by atoms with Crippen LogP contribution in [-0.2, 0) is 0 Å². The maximum absolute atomic E-state index is 4.61. The van der Waals surface area contributed by atoms with Gasteiger partial charge in [-0.1, -0.05) is 26.7 Å². The van der Waals surface area contributed by atoms with Crippen LogP contribution in [0.5, 0.6) is 0 Å². The fraction of sp³-hybridized carbons (Fsp3) is 0.933. The van der Waals surface area contributed by atoms with Crippen LogP contribution >= 0.6 is 0 Å². The average Bonchev–Trinajstić information content (AvgIpc) is 2.76. The molecule has 0 aromatic carbocycles. The van der Waals surface area contributed by atoms with E-state index in [-0.39, 0.29) is 0 Å². The van der Waals surface area contributed by atoms with Crippen LogP contribution in [0, 0.1) is 11.3 Å². The van der Waals surface area contributed by atoms with E-state index >= 15 is 0 Å². The first-order valence-corrected chi connectivity index (χ1v) is 7.47. The number of aliphatic imine (C=N–C) groups is 1. The van der Waals surface area contributed by atoms with Crippen molar-refractivity contribution >= 4 is 5.84 Å². The van der Waals surface area contributed by atoms with Crippen molar-refractivity contribution < 1.29 is 0 Å². The molecule has 1 aliphatic heterocycles. The largest absolute Gasteiger partial charge is 0.373 e. The van der Waals surface area contributed by atoms with E-state index in [1.807, 2.05) is 0 Å². The number of nitrogens with one attached hydrogen (secondary N) is 1. The summed E-state index contributed by atoms with van der Waals surface area (Å²) in [6.45, 7) is 6.93. The van der Waals surface area contributed by atoms with Gasteiger partial charge in [0.2, 0.25) is 0 Å². The summed E-state index contributed by atoms with van der Waals surface area (Å²) in [5.74, 6) is 2.11. The molecule has 98 valence electrons. The molecule has 0 unspecified atom stereocenters. The summed E-state index contributed by atoms with van der Waals surface area (Å²) in [7, 11) is 0. The zero-order valence-corrected chi connectivity index (χ0v) is 11.6. The van der Waals surface area contributed by atoms with Crippen molar-refractivity contribution in [1.82, 2.24) is 5.32 Å². The Kier molecular flexibility index (Phi) is 4.47. The van der Waals surface area contributed by atoms with Crippen LogP contribution in [0.25, 0.3) is 0 Å². The van der Waals surface area contributed by atoms with Gasteiger partial charge in [-0.2, -0.15) is 0 Å². The van der Waals surface area contributed by atoms with Crippen LogP contribution in [0.3, 0.4) is 0 Å². The highest BCUT2D eigenvalue weighted by Crippen LogP contribution is 2.42. The van der Waals surface area contributed by atoms with E-state index < -0.39 is 0 Å². The SMILES string of the molecule is CC(C)CC1(CNC2=NCCCC2)CCCC1. The Bertz CT molecular complexity index is 262. The second-order valence-corrected chi connectivity index (χ2v) is 6.44. The van der Waals surface area contributed by atoms with Crippen molar-refractivity contribution in [3.8, 4) is 0 Å². The third-order valence-corrected chi connectivity index (χ3v) is 4.30. The Morgan fingerprint density at radius 2 is 1.94 bits per heavy atom. The van der Waals surface area contributed by atoms with Crippen LogP contribution in [0.15, 0.2) is 4.99 Å². The van der Waals surface area contributed by atoms with Crippen LogP contribution in [0.4, 0.5) is 0 Å². The number of nitrogens with zero attached hydrogens (tertiary/aromatic N) is 1. The van der Waals surface area contributed by atoms with E-state index in [1.54, 1.807) is 0 Å². The Morgan fingerprint density at radius 1 is 1.18 bits per heavy atom. The van der Waals surface area contributed by atoms with Gasteiger partial charge >= 0.3 is 0 Å². The minimum absolute atomic E-state index is 0.578. The molecule has 1 fully saturated rings. The Balaban J connectivity index is 1.87. The van der Waals surface area contributed by atoms with Gasteiger partial charge in [-0.3, -0.25) is 4.99 Å². The smallest absolute Gasteiger partial charge is 0.0963 e. The number of hydrogen-bond donors (Lipinski definition) is 1. The van der Waals surface area contributed by atoms with Gasteiger partial charge in [0.25, 0.3) is 0 Å². The first kappa shape index (κ1) is 12.9. The molecule has 2 rings (SSSR count). The van der Waals surface area contributed by atoms with E-state index in [9.17, 15) is 0 Å². The third kappa shape index (κ3) is 3.72. The molecule has 2 nitrogen and oxygen atoms in total. The predicted octanol–water partition coefficient (Wildman–Crippen LogP) is 3.76. The first-order chi connectivity index (χ1) is 8.20. The van der Waals surface area contributed by atoms with Gasteiger partial charge in [-0.25, -0.2) is 0 Å². The zero-order chi connectivity index (χ0) is 12.1. The topological polar surface area (TPSA) is 24.4 Å². The number of amidine groups is 1. The highest BCUT2D eigenvalue weighted by Gasteiger charge is 2.34. The average molecular weight is 236 g/mol. The maximum Gasteiger partial charge on any atom is 0.0963 e. The summed E-state index contributed by atoms with van der Waals surface area (Å²) in [5.41, 5.74) is 0.578. The second kappa shape index (κ2) is 5.88. The molecule has 2 aliphatic rings. The molecule has 17 heavy (non-hydrogen) atoms. The molecule has 0 atom stereocenters. The van der Waals surface area contributed by atoms with Crippen molar-refractivity contribution in [3.63, 3.8) is 0 Å².